The molecule has 0 atom stereocenters. The molecule has 6 heteroatoms. The lowest BCUT2D eigenvalue weighted by molar-refractivity contribution is -0.133. The molecule has 0 amide bonds. The summed E-state index contributed by atoms with van der Waals surface area (Å²) in [6.45, 7) is 2.85. The van der Waals surface area contributed by atoms with Gasteiger partial charge in [-0.3, -0.25) is 0 Å². The van der Waals surface area contributed by atoms with Crippen molar-refractivity contribution in [2.75, 3.05) is 0 Å². The van der Waals surface area contributed by atoms with Crippen molar-refractivity contribution in [1.29, 1.82) is 5.26 Å². The molecule has 0 radical (unpaired) electrons. The minimum absolute atomic E-state index is 0.00762. The highest BCUT2D eigenvalue weighted by Gasteiger charge is 2.28. The van der Waals surface area contributed by atoms with E-state index in [9.17, 15) is 13.2 Å². The second-order valence-corrected chi connectivity index (χ2v) is 3.51. The van der Waals surface area contributed by atoms with Crippen LogP contribution in [0.25, 0.3) is 0 Å². The van der Waals surface area contributed by atoms with E-state index in [0.29, 0.717) is 0 Å². The van der Waals surface area contributed by atoms with Gasteiger partial charge in [0.05, 0.1) is 10.0 Å². The third-order valence-corrected chi connectivity index (χ3v) is 2.43. The van der Waals surface area contributed by atoms with Gasteiger partial charge in [-0.2, -0.15) is 14.0 Å². The first-order valence-corrected chi connectivity index (χ1v) is 4.79. The quantitative estimate of drug-likeness (QED) is 0.797. The zero-order valence-corrected chi connectivity index (χ0v) is 9.39. The van der Waals surface area contributed by atoms with Crippen LogP contribution in [-0.4, -0.2) is 6.11 Å². The van der Waals surface area contributed by atoms with Gasteiger partial charge in [-0.1, -0.05) is 6.58 Å². The number of alkyl halides is 2. The third-order valence-electron chi connectivity index (χ3n) is 1.65. The van der Waals surface area contributed by atoms with E-state index < -0.39 is 17.7 Å². The van der Waals surface area contributed by atoms with Crippen molar-refractivity contribution in [3.63, 3.8) is 0 Å². The summed E-state index contributed by atoms with van der Waals surface area (Å²) in [6.07, 6.45) is -3.41. The molecule has 1 aromatic rings. The van der Waals surface area contributed by atoms with Gasteiger partial charge < -0.3 is 4.74 Å². The number of nitriles is 1. The van der Waals surface area contributed by atoms with E-state index in [1.807, 2.05) is 0 Å². The van der Waals surface area contributed by atoms with Gasteiger partial charge in [0.15, 0.2) is 11.6 Å². The maximum atomic E-state index is 13.4. The molecule has 2 nitrogen and oxygen atoms in total. The number of halogens is 4. The van der Waals surface area contributed by atoms with Crippen molar-refractivity contribution < 1.29 is 17.9 Å². The summed E-state index contributed by atoms with van der Waals surface area (Å²) in [4.78, 5) is 0. The van der Waals surface area contributed by atoms with Gasteiger partial charge in [0.2, 0.25) is 0 Å². The highest BCUT2D eigenvalue weighted by Crippen LogP contribution is 2.31. The Labute approximate surface area is 98.1 Å². The molecule has 0 unspecified atom stereocenters. The summed E-state index contributed by atoms with van der Waals surface area (Å²) < 4.78 is 42.8. The van der Waals surface area contributed by atoms with Crippen LogP contribution < -0.4 is 4.74 Å². The number of rotatable bonds is 3. The van der Waals surface area contributed by atoms with Crippen LogP contribution in [0.3, 0.4) is 0 Å². The zero-order chi connectivity index (χ0) is 12.3. The summed E-state index contributed by atoms with van der Waals surface area (Å²) >= 11 is 2.77. The largest absolute Gasteiger partial charge is 0.426 e. The highest BCUT2D eigenvalue weighted by molar-refractivity contribution is 9.10. The summed E-state index contributed by atoms with van der Waals surface area (Å²) in [6, 6.07) is 3.81. The maximum Gasteiger partial charge on any atom is 0.419 e. The van der Waals surface area contributed by atoms with E-state index >= 15 is 0 Å². The Balaban J connectivity index is 3.14. The van der Waals surface area contributed by atoms with Crippen LogP contribution >= 0.6 is 15.9 Å². The van der Waals surface area contributed by atoms with Crippen molar-refractivity contribution in [3.05, 3.63) is 40.6 Å². The van der Waals surface area contributed by atoms with Crippen molar-refractivity contribution in [1.82, 2.24) is 0 Å². The molecule has 0 aliphatic heterocycles. The highest BCUT2D eigenvalue weighted by atomic mass is 79.9. The average molecular weight is 292 g/mol. The smallest absolute Gasteiger partial charge is 0.419 e. The van der Waals surface area contributed by atoms with Gasteiger partial charge in [0, 0.05) is 6.08 Å². The molecular formula is C10H5BrF3NO. The molecule has 0 bridgehead atoms. The lowest BCUT2D eigenvalue weighted by Crippen LogP contribution is -2.21. The molecule has 0 heterocycles. The molecular weight excluding hydrogens is 287 g/mol. The summed E-state index contributed by atoms with van der Waals surface area (Å²) in [5.41, 5.74) is -0.00762. The minimum Gasteiger partial charge on any atom is -0.426 e. The second-order valence-electron chi connectivity index (χ2n) is 2.72. The zero-order valence-electron chi connectivity index (χ0n) is 7.81. The summed E-state index contributed by atoms with van der Waals surface area (Å²) in [7, 11) is 0. The van der Waals surface area contributed by atoms with Gasteiger partial charge in [-0.25, -0.2) is 4.39 Å². The van der Waals surface area contributed by atoms with E-state index in [1.54, 1.807) is 6.07 Å². The first-order valence-electron chi connectivity index (χ1n) is 4.00. The number of nitrogens with zero attached hydrogens (tertiary/aromatic N) is 1. The van der Waals surface area contributed by atoms with Crippen molar-refractivity contribution in [3.8, 4) is 11.8 Å². The van der Waals surface area contributed by atoms with Crippen LogP contribution in [0.4, 0.5) is 13.2 Å². The fourth-order valence-corrected chi connectivity index (χ4v) is 1.30. The molecule has 0 N–H and O–H groups in total. The monoisotopic (exact) mass is 291 g/mol. The molecule has 1 aromatic carbocycles. The molecule has 0 saturated carbocycles. The third kappa shape index (κ3) is 2.55. The van der Waals surface area contributed by atoms with Crippen LogP contribution in [0.5, 0.6) is 5.75 Å². The van der Waals surface area contributed by atoms with Crippen LogP contribution in [0, 0.1) is 17.1 Å². The predicted octanol–water partition coefficient (Wildman–Crippen LogP) is 3.62. The SMILES string of the molecule is C=CC(F)(F)Oc1ccc(C#N)c(Br)c1F. The maximum absolute atomic E-state index is 13.4. The number of hydrogen-bond donors (Lipinski definition) is 0. The predicted molar refractivity (Wildman–Crippen MR) is 54.6 cm³/mol. The second kappa shape index (κ2) is 4.58. The Morgan fingerprint density at radius 3 is 2.62 bits per heavy atom. The summed E-state index contributed by atoms with van der Waals surface area (Å²) in [5, 5.41) is 8.56. The normalized spacial score (nSPS) is 10.7. The van der Waals surface area contributed by atoms with Crippen molar-refractivity contribution in [2.45, 2.75) is 6.11 Å². The Morgan fingerprint density at radius 2 is 2.12 bits per heavy atom. The van der Waals surface area contributed by atoms with Crippen molar-refractivity contribution >= 4 is 15.9 Å². The van der Waals surface area contributed by atoms with Gasteiger partial charge in [-0.15, -0.1) is 0 Å². The van der Waals surface area contributed by atoms with Crippen LogP contribution in [0.2, 0.25) is 0 Å². The van der Waals surface area contributed by atoms with E-state index in [1.165, 1.54) is 6.07 Å². The molecule has 0 fully saturated rings. The van der Waals surface area contributed by atoms with E-state index in [-0.39, 0.29) is 16.1 Å². The van der Waals surface area contributed by atoms with Crippen LogP contribution in [-0.2, 0) is 0 Å². The molecule has 84 valence electrons. The van der Waals surface area contributed by atoms with Crippen LogP contribution in [0.15, 0.2) is 29.3 Å². The first kappa shape index (κ1) is 12.6. The van der Waals surface area contributed by atoms with E-state index in [0.717, 1.165) is 6.07 Å². The van der Waals surface area contributed by atoms with Gasteiger partial charge in [0.1, 0.15) is 6.07 Å². The fraction of sp³-hybridized carbons (Fsp3) is 0.100. The molecule has 0 saturated heterocycles. The van der Waals surface area contributed by atoms with Crippen molar-refractivity contribution in [2.24, 2.45) is 0 Å². The average Bonchev–Trinajstić information content (AvgIpc) is 2.25. The van der Waals surface area contributed by atoms with Gasteiger partial charge >= 0.3 is 6.11 Å². The molecule has 0 aromatic heterocycles. The number of ether oxygens (including phenoxy) is 1. The lowest BCUT2D eigenvalue weighted by Gasteiger charge is -2.14. The van der Waals surface area contributed by atoms with Gasteiger partial charge in [0.25, 0.3) is 0 Å². The van der Waals surface area contributed by atoms with E-state index in [2.05, 4.69) is 27.2 Å². The Kier molecular flexibility index (Phi) is 3.60. The molecule has 0 aliphatic rings. The molecule has 0 spiro atoms. The summed E-state index contributed by atoms with van der Waals surface area (Å²) in [5.74, 6) is -1.71. The standard InChI is InChI=1S/C10H5BrF3NO/c1-2-10(13,14)16-7-4-3-6(5-15)8(11)9(7)12/h2-4H,1H2. The first-order chi connectivity index (χ1) is 7.41. The fourth-order valence-electron chi connectivity index (χ4n) is 0.885. The lowest BCUT2D eigenvalue weighted by atomic mass is 10.2. The Morgan fingerprint density at radius 1 is 1.50 bits per heavy atom. The molecule has 16 heavy (non-hydrogen) atoms. The van der Waals surface area contributed by atoms with Crippen LogP contribution in [0.1, 0.15) is 5.56 Å². The molecule has 1 rings (SSSR count). The topological polar surface area (TPSA) is 33.0 Å². The minimum atomic E-state index is -3.66. The van der Waals surface area contributed by atoms with Gasteiger partial charge in [-0.05, 0) is 28.1 Å². The van der Waals surface area contributed by atoms with E-state index in [4.69, 9.17) is 5.26 Å². The number of hydrogen-bond acceptors (Lipinski definition) is 2. The molecule has 0 aliphatic carbocycles. The Bertz CT molecular complexity index is 468. The Hall–Kier alpha value is -1.48. The number of benzene rings is 1.